The van der Waals surface area contributed by atoms with Crippen molar-refractivity contribution < 1.29 is 4.74 Å². The minimum absolute atomic E-state index is 0.0113. The topological polar surface area (TPSA) is 53.1 Å². The Bertz CT molecular complexity index is 532. The first-order valence-corrected chi connectivity index (χ1v) is 7.23. The highest BCUT2D eigenvalue weighted by atomic mass is 16.5. The van der Waals surface area contributed by atoms with Gasteiger partial charge in [-0.05, 0) is 24.8 Å². The smallest absolute Gasteiger partial charge is 0.0951 e. The molecule has 106 valence electrons. The third-order valence-corrected chi connectivity index (χ3v) is 3.96. The fraction of sp³-hybridized carbons (Fsp3) is 0.438. The summed E-state index contributed by atoms with van der Waals surface area (Å²) in [5, 5.41) is 0. The maximum absolute atomic E-state index is 6.39. The molecule has 3 rings (SSSR count). The van der Waals surface area contributed by atoms with E-state index >= 15 is 0 Å². The first-order valence-electron chi connectivity index (χ1n) is 7.23. The number of imidazole rings is 1. The van der Waals surface area contributed by atoms with Gasteiger partial charge in [-0.15, -0.1) is 0 Å². The van der Waals surface area contributed by atoms with Crippen LogP contribution in [0.2, 0.25) is 0 Å². The maximum Gasteiger partial charge on any atom is 0.0951 e. The molecule has 0 aliphatic carbocycles. The van der Waals surface area contributed by atoms with E-state index < -0.39 is 0 Å². The van der Waals surface area contributed by atoms with Gasteiger partial charge < -0.3 is 15.0 Å². The Balaban J connectivity index is 1.75. The van der Waals surface area contributed by atoms with Gasteiger partial charge in [-0.2, -0.15) is 0 Å². The van der Waals surface area contributed by atoms with Crippen LogP contribution in [0.3, 0.4) is 0 Å². The number of aromatic nitrogens is 2. The number of nitrogens with two attached hydrogens (primary N) is 1. The van der Waals surface area contributed by atoms with Crippen LogP contribution in [0.25, 0.3) is 0 Å². The Hall–Kier alpha value is -1.65. The summed E-state index contributed by atoms with van der Waals surface area (Å²) in [5.74, 6) is 0. The molecule has 0 bridgehead atoms. The molecule has 1 aliphatic rings. The molecule has 20 heavy (non-hydrogen) atoms. The van der Waals surface area contributed by atoms with Crippen molar-refractivity contribution in [2.45, 2.75) is 31.3 Å². The second-order valence-corrected chi connectivity index (χ2v) is 5.37. The van der Waals surface area contributed by atoms with E-state index in [9.17, 15) is 0 Å². The van der Waals surface area contributed by atoms with Crippen molar-refractivity contribution in [3.8, 4) is 0 Å². The lowest BCUT2D eigenvalue weighted by atomic mass is 10.0. The van der Waals surface area contributed by atoms with Crippen LogP contribution in [-0.2, 0) is 11.2 Å². The molecule has 1 atom stereocenters. The minimum atomic E-state index is -0.0113. The molecule has 4 nitrogen and oxygen atoms in total. The maximum atomic E-state index is 6.39. The lowest BCUT2D eigenvalue weighted by Gasteiger charge is -2.26. The number of hydrogen-bond acceptors (Lipinski definition) is 3. The Labute approximate surface area is 119 Å². The van der Waals surface area contributed by atoms with Gasteiger partial charge in [0.15, 0.2) is 0 Å². The van der Waals surface area contributed by atoms with Crippen molar-refractivity contribution in [3.05, 3.63) is 54.1 Å². The second kappa shape index (κ2) is 6.20. The predicted octanol–water partition coefficient (Wildman–Crippen LogP) is 2.48. The van der Waals surface area contributed by atoms with E-state index in [0.717, 1.165) is 38.2 Å². The molecule has 0 saturated carbocycles. The van der Waals surface area contributed by atoms with Crippen LogP contribution < -0.4 is 5.73 Å². The number of ether oxygens (including phenoxy) is 1. The SMILES string of the molecule is N[C@H](Cc1ccccc1)c1cncn1C1CCOCC1. The predicted molar refractivity (Wildman–Crippen MR) is 78.4 cm³/mol. The van der Waals surface area contributed by atoms with E-state index in [1.165, 1.54) is 5.56 Å². The Morgan fingerprint density at radius 1 is 1.25 bits per heavy atom. The lowest BCUT2D eigenvalue weighted by Crippen LogP contribution is -2.24. The minimum Gasteiger partial charge on any atom is -0.381 e. The first kappa shape index (κ1) is 13.3. The van der Waals surface area contributed by atoms with Gasteiger partial charge in [0.25, 0.3) is 0 Å². The summed E-state index contributed by atoms with van der Waals surface area (Å²) in [6, 6.07) is 10.8. The summed E-state index contributed by atoms with van der Waals surface area (Å²) in [7, 11) is 0. The summed E-state index contributed by atoms with van der Waals surface area (Å²) in [6.45, 7) is 1.66. The molecule has 1 aliphatic heterocycles. The van der Waals surface area contributed by atoms with Gasteiger partial charge in [0.1, 0.15) is 0 Å². The summed E-state index contributed by atoms with van der Waals surface area (Å²) in [5.41, 5.74) is 8.78. The van der Waals surface area contributed by atoms with E-state index in [1.54, 1.807) is 0 Å². The van der Waals surface area contributed by atoms with Crippen molar-refractivity contribution in [2.75, 3.05) is 13.2 Å². The highest BCUT2D eigenvalue weighted by Gasteiger charge is 2.20. The average molecular weight is 271 g/mol. The molecular formula is C16H21N3O. The van der Waals surface area contributed by atoms with Gasteiger partial charge in [0, 0.05) is 25.5 Å². The van der Waals surface area contributed by atoms with E-state index in [-0.39, 0.29) is 6.04 Å². The van der Waals surface area contributed by atoms with Gasteiger partial charge in [-0.3, -0.25) is 0 Å². The van der Waals surface area contributed by atoms with Gasteiger partial charge in [0.2, 0.25) is 0 Å². The number of hydrogen-bond donors (Lipinski definition) is 1. The zero-order valence-electron chi connectivity index (χ0n) is 11.6. The van der Waals surface area contributed by atoms with Crippen molar-refractivity contribution in [1.29, 1.82) is 0 Å². The van der Waals surface area contributed by atoms with E-state index in [2.05, 4.69) is 33.8 Å². The summed E-state index contributed by atoms with van der Waals surface area (Å²) in [6.07, 6.45) is 6.75. The standard InChI is InChI=1S/C16H21N3O/c17-15(10-13-4-2-1-3-5-13)16-11-18-12-19(16)14-6-8-20-9-7-14/h1-5,11-12,14-15H,6-10,17H2/t15-/m1/s1. The van der Waals surface area contributed by atoms with Gasteiger partial charge in [-0.1, -0.05) is 30.3 Å². The number of nitrogens with zero attached hydrogens (tertiary/aromatic N) is 2. The largest absolute Gasteiger partial charge is 0.381 e. The van der Waals surface area contributed by atoms with Gasteiger partial charge in [0.05, 0.1) is 18.1 Å². The molecule has 1 saturated heterocycles. The zero-order valence-corrected chi connectivity index (χ0v) is 11.6. The van der Waals surface area contributed by atoms with Crippen LogP contribution in [0.4, 0.5) is 0 Å². The summed E-state index contributed by atoms with van der Waals surface area (Å²) >= 11 is 0. The van der Waals surface area contributed by atoms with E-state index in [0.29, 0.717) is 6.04 Å². The number of rotatable bonds is 4. The van der Waals surface area contributed by atoms with Crippen LogP contribution in [0.5, 0.6) is 0 Å². The van der Waals surface area contributed by atoms with Gasteiger partial charge >= 0.3 is 0 Å². The molecule has 0 amide bonds. The first-order chi connectivity index (χ1) is 9.84. The van der Waals surface area contributed by atoms with Crippen LogP contribution in [0.1, 0.15) is 36.2 Å². The lowest BCUT2D eigenvalue weighted by molar-refractivity contribution is 0.0686. The van der Waals surface area contributed by atoms with Crippen molar-refractivity contribution >= 4 is 0 Å². The molecule has 2 aromatic rings. The Morgan fingerprint density at radius 2 is 2.00 bits per heavy atom. The van der Waals surface area contributed by atoms with Crippen molar-refractivity contribution in [3.63, 3.8) is 0 Å². The summed E-state index contributed by atoms with van der Waals surface area (Å²) < 4.78 is 7.67. The fourth-order valence-electron chi connectivity index (χ4n) is 2.84. The van der Waals surface area contributed by atoms with Crippen LogP contribution in [0, 0.1) is 0 Å². The molecule has 1 aromatic heterocycles. The molecule has 4 heteroatoms. The normalized spacial score (nSPS) is 18.1. The van der Waals surface area contributed by atoms with Crippen LogP contribution >= 0.6 is 0 Å². The third-order valence-electron chi connectivity index (χ3n) is 3.96. The van der Waals surface area contributed by atoms with Crippen molar-refractivity contribution in [1.82, 2.24) is 9.55 Å². The van der Waals surface area contributed by atoms with Gasteiger partial charge in [-0.25, -0.2) is 4.98 Å². The van der Waals surface area contributed by atoms with E-state index in [1.807, 2.05) is 18.6 Å². The average Bonchev–Trinajstić information content (AvgIpc) is 2.99. The highest BCUT2D eigenvalue weighted by Crippen LogP contribution is 2.25. The van der Waals surface area contributed by atoms with E-state index in [4.69, 9.17) is 10.5 Å². The Kier molecular flexibility index (Phi) is 4.14. The fourth-order valence-corrected chi connectivity index (χ4v) is 2.84. The highest BCUT2D eigenvalue weighted by molar-refractivity contribution is 5.19. The molecule has 1 aromatic carbocycles. The second-order valence-electron chi connectivity index (χ2n) is 5.37. The molecule has 2 heterocycles. The van der Waals surface area contributed by atoms with Crippen LogP contribution in [-0.4, -0.2) is 22.8 Å². The molecule has 0 unspecified atom stereocenters. The molecule has 1 fully saturated rings. The molecule has 0 spiro atoms. The quantitative estimate of drug-likeness (QED) is 0.929. The third kappa shape index (κ3) is 2.92. The number of benzene rings is 1. The molecule has 0 radical (unpaired) electrons. The molecular weight excluding hydrogens is 250 g/mol. The monoisotopic (exact) mass is 271 g/mol. The van der Waals surface area contributed by atoms with Crippen LogP contribution in [0.15, 0.2) is 42.9 Å². The zero-order chi connectivity index (χ0) is 13.8. The molecule has 2 N–H and O–H groups in total. The Morgan fingerprint density at radius 3 is 2.75 bits per heavy atom. The summed E-state index contributed by atoms with van der Waals surface area (Å²) in [4.78, 5) is 4.30. The van der Waals surface area contributed by atoms with Crippen molar-refractivity contribution in [2.24, 2.45) is 5.73 Å².